The number of amides is 1. The summed E-state index contributed by atoms with van der Waals surface area (Å²) in [6, 6.07) is 2.05. The lowest BCUT2D eigenvalue weighted by Gasteiger charge is -2.08. The number of fused-ring (bicyclic) bond motifs is 1. The fourth-order valence-corrected chi connectivity index (χ4v) is 3.77. The molecule has 3 rings (SSSR count). The molecule has 0 atom stereocenters. The summed E-state index contributed by atoms with van der Waals surface area (Å²) in [4.78, 5) is 14.3. The van der Waals surface area contributed by atoms with Gasteiger partial charge in [0.05, 0.1) is 10.6 Å². The molecule has 0 fully saturated rings. The van der Waals surface area contributed by atoms with Crippen molar-refractivity contribution >= 4 is 23.0 Å². The van der Waals surface area contributed by atoms with Crippen LogP contribution < -0.4 is 5.43 Å². The fraction of sp³-hybridized carbons (Fsp3) is 0.467. The maximum atomic E-state index is 12.1. The van der Waals surface area contributed by atoms with Gasteiger partial charge in [-0.25, -0.2) is 5.43 Å². The topological polar surface area (TPSA) is 41.5 Å². The monoisotopic (exact) mass is 274 g/mol. The van der Waals surface area contributed by atoms with Gasteiger partial charge in [-0.3, -0.25) is 4.79 Å². The van der Waals surface area contributed by atoms with Crippen LogP contribution >= 0.6 is 11.3 Å². The smallest absolute Gasteiger partial charge is 0.266 e. The Morgan fingerprint density at radius 2 is 2.11 bits per heavy atom. The molecule has 1 aromatic rings. The third-order valence-electron chi connectivity index (χ3n) is 3.71. The van der Waals surface area contributed by atoms with Crippen molar-refractivity contribution < 1.29 is 4.79 Å². The molecule has 0 saturated heterocycles. The minimum Gasteiger partial charge on any atom is -0.266 e. The molecule has 1 N–H and O–H groups in total. The maximum Gasteiger partial charge on any atom is 0.281 e. The SMILES string of the molecule is CC1=CC(=NNC(=O)c2cc3c(s2)CCCC3)CC1. The summed E-state index contributed by atoms with van der Waals surface area (Å²) in [5.74, 6) is -0.0650. The van der Waals surface area contributed by atoms with E-state index in [0.717, 1.165) is 36.3 Å². The maximum absolute atomic E-state index is 12.1. The second kappa shape index (κ2) is 5.29. The molecule has 0 aromatic carbocycles. The molecule has 100 valence electrons. The van der Waals surface area contributed by atoms with Gasteiger partial charge in [0.25, 0.3) is 5.91 Å². The van der Waals surface area contributed by atoms with Gasteiger partial charge in [-0.2, -0.15) is 5.10 Å². The zero-order valence-corrected chi connectivity index (χ0v) is 12.0. The van der Waals surface area contributed by atoms with Crippen molar-refractivity contribution in [2.24, 2.45) is 5.10 Å². The lowest BCUT2D eigenvalue weighted by Crippen LogP contribution is -2.17. The van der Waals surface area contributed by atoms with Crippen LogP contribution in [0.4, 0.5) is 0 Å². The third-order valence-corrected chi connectivity index (χ3v) is 4.95. The van der Waals surface area contributed by atoms with E-state index in [1.54, 1.807) is 11.3 Å². The van der Waals surface area contributed by atoms with Gasteiger partial charge in [-0.1, -0.05) is 5.57 Å². The van der Waals surface area contributed by atoms with Gasteiger partial charge in [-0.05, 0) is 63.2 Å². The highest BCUT2D eigenvalue weighted by atomic mass is 32.1. The molecule has 2 aliphatic rings. The first-order valence-corrected chi connectivity index (χ1v) is 7.69. The molecule has 0 unspecified atom stereocenters. The van der Waals surface area contributed by atoms with Crippen LogP contribution in [0.5, 0.6) is 0 Å². The molecule has 3 nitrogen and oxygen atoms in total. The van der Waals surface area contributed by atoms with Gasteiger partial charge in [0, 0.05) is 4.88 Å². The van der Waals surface area contributed by atoms with Crippen LogP contribution in [0.1, 0.15) is 52.7 Å². The van der Waals surface area contributed by atoms with Gasteiger partial charge in [0.2, 0.25) is 0 Å². The second-order valence-corrected chi connectivity index (χ2v) is 6.44. The molecule has 0 radical (unpaired) electrons. The number of nitrogens with one attached hydrogen (secondary N) is 1. The minimum absolute atomic E-state index is 0.0650. The Hall–Kier alpha value is -1.42. The molecule has 0 saturated carbocycles. The first-order chi connectivity index (χ1) is 9.22. The summed E-state index contributed by atoms with van der Waals surface area (Å²) in [6.45, 7) is 2.09. The molecule has 19 heavy (non-hydrogen) atoms. The number of hydrogen-bond acceptors (Lipinski definition) is 3. The number of hydrogen-bond donors (Lipinski definition) is 1. The van der Waals surface area contributed by atoms with Crippen LogP contribution in [0.3, 0.4) is 0 Å². The molecule has 1 aromatic heterocycles. The Balaban J connectivity index is 1.69. The number of rotatable bonds is 2. The summed E-state index contributed by atoms with van der Waals surface area (Å²) < 4.78 is 0. The van der Waals surface area contributed by atoms with Gasteiger partial charge >= 0.3 is 0 Å². The number of carbonyl (C=O) groups is 1. The summed E-state index contributed by atoms with van der Waals surface area (Å²) in [7, 11) is 0. The lowest BCUT2D eigenvalue weighted by molar-refractivity contribution is 0.0959. The Morgan fingerprint density at radius 1 is 1.26 bits per heavy atom. The summed E-state index contributed by atoms with van der Waals surface area (Å²) in [6.07, 6.45) is 8.80. The van der Waals surface area contributed by atoms with Crippen molar-refractivity contribution in [2.45, 2.75) is 45.4 Å². The second-order valence-electron chi connectivity index (χ2n) is 5.30. The minimum atomic E-state index is -0.0650. The van der Waals surface area contributed by atoms with E-state index in [9.17, 15) is 4.79 Å². The molecule has 0 aliphatic heterocycles. The largest absolute Gasteiger partial charge is 0.281 e. The molecular formula is C15H18N2OS. The Labute approximate surface area is 117 Å². The number of carbonyl (C=O) groups excluding carboxylic acids is 1. The van der Waals surface area contributed by atoms with E-state index in [4.69, 9.17) is 0 Å². The number of allylic oxidation sites excluding steroid dienone is 2. The third kappa shape index (κ3) is 2.78. The number of aryl methyl sites for hydroxylation is 2. The van der Waals surface area contributed by atoms with Gasteiger partial charge < -0.3 is 0 Å². The van der Waals surface area contributed by atoms with Gasteiger partial charge in [0.15, 0.2) is 0 Å². The van der Waals surface area contributed by atoms with Crippen LogP contribution in [-0.2, 0) is 12.8 Å². The van der Waals surface area contributed by atoms with Crippen molar-refractivity contribution in [3.63, 3.8) is 0 Å². The van der Waals surface area contributed by atoms with Crippen molar-refractivity contribution in [3.8, 4) is 0 Å². The summed E-state index contributed by atoms with van der Waals surface area (Å²) in [5.41, 5.74) is 6.36. The predicted octanol–water partition coefficient (Wildman–Crippen LogP) is 3.45. The van der Waals surface area contributed by atoms with Gasteiger partial charge in [0.1, 0.15) is 0 Å². The van der Waals surface area contributed by atoms with Crippen molar-refractivity contribution in [2.75, 3.05) is 0 Å². The van der Waals surface area contributed by atoms with Gasteiger partial charge in [-0.15, -0.1) is 11.3 Å². The van der Waals surface area contributed by atoms with Crippen LogP contribution in [-0.4, -0.2) is 11.6 Å². The van der Waals surface area contributed by atoms with Crippen molar-refractivity contribution in [1.29, 1.82) is 0 Å². The summed E-state index contributed by atoms with van der Waals surface area (Å²) >= 11 is 1.63. The predicted molar refractivity (Wildman–Crippen MR) is 78.9 cm³/mol. The van der Waals surface area contributed by atoms with Crippen LogP contribution in [0.15, 0.2) is 22.8 Å². The molecule has 2 aliphatic carbocycles. The van der Waals surface area contributed by atoms with E-state index in [1.807, 2.05) is 6.07 Å². The molecule has 4 heteroatoms. The molecule has 1 heterocycles. The number of thiophene rings is 1. The standard InChI is InChI=1S/C15H18N2OS/c1-10-6-7-12(8-10)16-17-15(18)14-9-11-4-2-3-5-13(11)19-14/h8-9H,2-7H2,1H3,(H,17,18). The van der Waals surface area contributed by atoms with E-state index in [1.165, 1.54) is 28.9 Å². The highest BCUT2D eigenvalue weighted by Crippen LogP contribution is 2.29. The van der Waals surface area contributed by atoms with E-state index < -0.39 is 0 Å². The first-order valence-electron chi connectivity index (χ1n) is 6.88. The van der Waals surface area contributed by atoms with E-state index in [-0.39, 0.29) is 5.91 Å². The first kappa shape index (κ1) is 12.6. The van der Waals surface area contributed by atoms with Crippen molar-refractivity contribution in [3.05, 3.63) is 33.0 Å². The zero-order chi connectivity index (χ0) is 13.2. The normalized spacial score (nSPS) is 20.3. The Bertz CT molecular complexity index is 545. The highest BCUT2D eigenvalue weighted by molar-refractivity contribution is 7.14. The molecule has 0 spiro atoms. The number of hydrazone groups is 1. The van der Waals surface area contributed by atoms with E-state index in [0.29, 0.717) is 0 Å². The Kier molecular flexibility index (Phi) is 3.51. The lowest BCUT2D eigenvalue weighted by atomic mass is 9.99. The average Bonchev–Trinajstić information content (AvgIpc) is 3.01. The fourth-order valence-electron chi connectivity index (χ4n) is 2.62. The van der Waals surface area contributed by atoms with Crippen molar-refractivity contribution in [1.82, 2.24) is 5.43 Å². The number of nitrogens with zero attached hydrogens (tertiary/aromatic N) is 1. The van der Waals surface area contributed by atoms with E-state index >= 15 is 0 Å². The summed E-state index contributed by atoms with van der Waals surface area (Å²) in [5, 5.41) is 4.20. The molecular weight excluding hydrogens is 256 g/mol. The van der Waals surface area contributed by atoms with E-state index in [2.05, 4.69) is 23.5 Å². The zero-order valence-electron chi connectivity index (χ0n) is 11.2. The quantitative estimate of drug-likeness (QED) is 0.825. The van der Waals surface area contributed by atoms with Crippen LogP contribution in [0.25, 0.3) is 0 Å². The average molecular weight is 274 g/mol. The highest BCUT2D eigenvalue weighted by Gasteiger charge is 2.17. The molecule has 1 amide bonds. The van der Waals surface area contributed by atoms with Crippen LogP contribution in [0, 0.1) is 0 Å². The molecule has 0 bridgehead atoms. The Morgan fingerprint density at radius 3 is 2.84 bits per heavy atom. The van der Waals surface area contributed by atoms with Crippen LogP contribution in [0.2, 0.25) is 0 Å².